The lowest BCUT2D eigenvalue weighted by atomic mass is 10.1. The fourth-order valence-electron chi connectivity index (χ4n) is 3.23. The summed E-state index contributed by atoms with van der Waals surface area (Å²) < 4.78 is 11.1. The van der Waals surface area contributed by atoms with Crippen molar-refractivity contribution in [2.75, 3.05) is 13.2 Å². The molecule has 0 spiro atoms. The molecule has 1 amide bonds. The molecule has 1 fully saturated rings. The van der Waals surface area contributed by atoms with Crippen molar-refractivity contribution in [3.8, 4) is 17.3 Å². The van der Waals surface area contributed by atoms with Gasteiger partial charge in [0.05, 0.1) is 12.5 Å². The first-order valence-corrected chi connectivity index (χ1v) is 8.98. The topological polar surface area (TPSA) is 81.3 Å². The minimum absolute atomic E-state index is 0.0730. The Balaban J connectivity index is 1.48. The highest BCUT2D eigenvalue weighted by Gasteiger charge is 2.34. The highest BCUT2D eigenvalue weighted by molar-refractivity contribution is 5.79. The van der Waals surface area contributed by atoms with Gasteiger partial charge in [-0.05, 0) is 25.1 Å². The van der Waals surface area contributed by atoms with Crippen LogP contribution < -0.4 is 4.74 Å². The second-order valence-corrected chi connectivity index (χ2v) is 6.39. The molecule has 0 aliphatic carbocycles. The molecule has 1 saturated heterocycles. The van der Waals surface area contributed by atoms with Gasteiger partial charge in [0.25, 0.3) is 0 Å². The Labute approximate surface area is 157 Å². The van der Waals surface area contributed by atoms with Crippen LogP contribution in [0.3, 0.4) is 0 Å². The molecule has 1 aromatic carbocycles. The first-order chi connectivity index (χ1) is 13.2. The molecule has 27 heavy (non-hydrogen) atoms. The van der Waals surface area contributed by atoms with Gasteiger partial charge in [0, 0.05) is 31.3 Å². The third-order valence-corrected chi connectivity index (χ3v) is 4.53. The van der Waals surface area contributed by atoms with E-state index in [2.05, 4.69) is 15.1 Å². The van der Waals surface area contributed by atoms with E-state index in [9.17, 15) is 4.79 Å². The Bertz CT molecular complexity index is 926. The fraction of sp³-hybridized carbons (Fsp3) is 0.300. The lowest BCUT2D eigenvalue weighted by Crippen LogP contribution is -2.24. The Kier molecular flexibility index (Phi) is 4.82. The number of hydrogen-bond acceptors (Lipinski definition) is 6. The second-order valence-electron chi connectivity index (χ2n) is 6.39. The third-order valence-electron chi connectivity index (χ3n) is 4.53. The van der Waals surface area contributed by atoms with Crippen molar-refractivity contribution in [2.45, 2.75) is 25.8 Å². The van der Waals surface area contributed by atoms with E-state index < -0.39 is 0 Å². The molecule has 1 aliphatic heterocycles. The molecule has 1 aliphatic rings. The highest BCUT2D eigenvalue weighted by atomic mass is 16.5. The summed E-state index contributed by atoms with van der Waals surface area (Å²) in [7, 11) is 0. The molecule has 1 atom stereocenters. The number of carbonyl (C=O) groups excluding carboxylic acids is 1. The molecule has 0 saturated carbocycles. The number of hydrogen-bond donors (Lipinski definition) is 0. The number of nitrogens with zero attached hydrogens (tertiary/aromatic N) is 4. The first kappa shape index (κ1) is 17.2. The summed E-state index contributed by atoms with van der Waals surface area (Å²) in [6.07, 6.45) is 2.04. The third kappa shape index (κ3) is 3.67. The van der Waals surface area contributed by atoms with Gasteiger partial charge in [0.15, 0.2) is 0 Å². The summed E-state index contributed by atoms with van der Waals surface area (Å²) in [5.41, 5.74) is 1.65. The van der Waals surface area contributed by atoms with Gasteiger partial charge in [-0.1, -0.05) is 29.4 Å². The maximum atomic E-state index is 12.5. The molecule has 7 heteroatoms. The van der Waals surface area contributed by atoms with E-state index in [0.717, 1.165) is 11.3 Å². The molecule has 1 unspecified atom stereocenters. The van der Waals surface area contributed by atoms with Crippen LogP contribution in [-0.4, -0.2) is 39.1 Å². The number of ether oxygens (including phenoxy) is 1. The van der Waals surface area contributed by atoms with Crippen LogP contribution in [0.5, 0.6) is 5.75 Å². The van der Waals surface area contributed by atoms with Gasteiger partial charge < -0.3 is 14.2 Å². The van der Waals surface area contributed by atoms with Gasteiger partial charge in [0.1, 0.15) is 11.4 Å². The SMILES string of the molecule is CCOc1ccccc1CN1CC(c2nc(-c3ccccn3)no2)CC1=O. The maximum Gasteiger partial charge on any atom is 0.232 e. The number of rotatable bonds is 6. The molecular formula is C20H20N4O3. The molecule has 0 radical (unpaired) electrons. The van der Waals surface area contributed by atoms with Gasteiger partial charge >= 0.3 is 0 Å². The zero-order valence-corrected chi connectivity index (χ0v) is 15.0. The van der Waals surface area contributed by atoms with Gasteiger partial charge in [-0.25, -0.2) is 0 Å². The Morgan fingerprint density at radius 3 is 2.89 bits per heavy atom. The monoisotopic (exact) mass is 364 g/mol. The molecule has 4 rings (SSSR count). The molecule has 3 aromatic rings. The minimum atomic E-state index is -0.110. The summed E-state index contributed by atoms with van der Waals surface area (Å²) in [6.45, 7) is 3.59. The predicted octanol–water partition coefficient (Wildman–Crippen LogP) is 3.05. The number of pyridine rings is 1. The number of para-hydroxylation sites is 1. The number of benzene rings is 1. The largest absolute Gasteiger partial charge is 0.494 e. The van der Waals surface area contributed by atoms with Crippen molar-refractivity contribution in [2.24, 2.45) is 0 Å². The standard InChI is InChI=1S/C20H20N4O3/c1-2-26-17-9-4-3-7-14(17)12-24-13-15(11-18(24)25)20-22-19(23-27-20)16-8-5-6-10-21-16/h3-10,15H,2,11-13H2,1H3. The van der Waals surface area contributed by atoms with Gasteiger partial charge in [0.2, 0.25) is 17.6 Å². The van der Waals surface area contributed by atoms with Crippen LogP contribution in [-0.2, 0) is 11.3 Å². The van der Waals surface area contributed by atoms with Crippen LogP contribution in [0.25, 0.3) is 11.5 Å². The minimum Gasteiger partial charge on any atom is -0.494 e. The van der Waals surface area contributed by atoms with E-state index in [4.69, 9.17) is 9.26 Å². The van der Waals surface area contributed by atoms with Crippen LogP contribution >= 0.6 is 0 Å². The lowest BCUT2D eigenvalue weighted by molar-refractivity contribution is -0.128. The zero-order valence-electron chi connectivity index (χ0n) is 15.0. The molecule has 2 aromatic heterocycles. The Morgan fingerprint density at radius 2 is 2.07 bits per heavy atom. The average molecular weight is 364 g/mol. The second kappa shape index (κ2) is 7.57. The smallest absolute Gasteiger partial charge is 0.232 e. The number of carbonyl (C=O) groups is 1. The van der Waals surface area contributed by atoms with Crippen molar-refractivity contribution in [3.05, 3.63) is 60.1 Å². The summed E-state index contributed by atoms with van der Waals surface area (Å²) >= 11 is 0. The van der Waals surface area contributed by atoms with E-state index in [1.807, 2.05) is 54.3 Å². The molecule has 0 N–H and O–H groups in total. The van der Waals surface area contributed by atoms with E-state index in [0.29, 0.717) is 43.5 Å². The number of aromatic nitrogens is 3. The van der Waals surface area contributed by atoms with Crippen molar-refractivity contribution < 1.29 is 14.1 Å². The van der Waals surface area contributed by atoms with Crippen LogP contribution in [0.1, 0.15) is 30.7 Å². The summed E-state index contributed by atoms with van der Waals surface area (Å²) in [6, 6.07) is 13.3. The average Bonchev–Trinajstić information content (AvgIpc) is 3.32. The molecule has 138 valence electrons. The fourth-order valence-corrected chi connectivity index (χ4v) is 3.23. The van der Waals surface area contributed by atoms with Gasteiger partial charge in [-0.15, -0.1) is 0 Å². The zero-order chi connectivity index (χ0) is 18.6. The van der Waals surface area contributed by atoms with Crippen molar-refractivity contribution in [1.29, 1.82) is 0 Å². The normalized spacial score (nSPS) is 16.7. The summed E-state index contributed by atoms with van der Waals surface area (Å²) in [5.74, 6) is 1.69. The predicted molar refractivity (Wildman–Crippen MR) is 97.9 cm³/mol. The van der Waals surface area contributed by atoms with E-state index in [-0.39, 0.29) is 11.8 Å². The Hall–Kier alpha value is -3.22. The van der Waals surface area contributed by atoms with Crippen molar-refractivity contribution >= 4 is 5.91 Å². The molecule has 0 bridgehead atoms. The molecular weight excluding hydrogens is 344 g/mol. The summed E-state index contributed by atoms with van der Waals surface area (Å²) in [4.78, 5) is 23.0. The van der Waals surface area contributed by atoms with Crippen LogP contribution in [0.2, 0.25) is 0 Å². The van der Waals surface area contributed by atoms with Crippen LogP contribution in [0.4, 0.5) is 0 Å². The highest BCUT2D eigenvalue weighted by Crippen LogP contribution is 2.30. The van der Waals surface area contributed by atoms with Gasteiger partial charge in [-0.3, -0.25) is 9.78 Å². The quantitative estimate of drug-likeness (QED) is 0.669. The maximum absolute atomic E-state index is 12.5. The lowest BCUT2D eigenvalue weighted by Gasteiger charge is -2.18. The molecule has 3 heterocycles. The van der Waals surface area contributed by atoms with E-state index in [1.54, 1.807) is 6.20 Å². The van der Waals surface area contributed by atoms with Gasteiger partial charge in [-0.2, -0.15) is 4.98 Å². The van der Waals surface area contributed by atoms with E-state index >= 15 is 0 Å². The number of likely N-dealkylation sites (tertiary alicyclic amines) is 1. The van der Waals surface area contributed by atoms with Crippen molar-refractivity contribution in [3.63, 3.8) is 0 Å². The summed E-state index contributed by atoms with van der Waals surface area (Å²) in [5, 5.41) is 4.01. The Morgan fingerprint density at radius 1 is 1.22 bits per heavy atom. The number of amides is 1. The van der Waals surface area contributed by atoms with Crippen LogP contribution in [0.15, 0.2) is 53.2 Å². The van der Waals surface area contributed by atoms with Crippen LogP contribution in [0, 0.1) is 0 Å². The first-order valence-electron chi connectivity index (χ1n) is 8.98. The molecule has 7 nitrogen and oxygen atoms in total. The van der Waals surface area contributed by atoms with Crippen molar-refractivity contribution in [1.82, 2.24) is 20.0 Å². The van der Waals surface area contributed by atoms with E-state index in [1.165, 1.54) is 0 Å².